The largest absolute Gasteiger partial charge is 0.399 e. The second-order valence-electron chi connectivity index (χ2n) is 5.52. The molecule has 2 rings (SSSR count). The van der Waals surface area contributed by atoms with E-state index in [2.05, 4.69) is 4.90 Å². The van der Waals surface area contributed by atoms with Crippen molar-refractivity contribution in [3.05, 3.63) is 23.8 Å². The van der Waals surface area contributed by atoms with Gasteiger partial charge in [-0.15, -0.1) is 0 Å². The van der Waals surface area contributed by atoms with Crippen LogP contribution in [0.3, 0.4) is 0 Å². The molecule has 0 amide bonds. The van der Waals surface area contributed by atoms with Crippen LogP contribution in [0, 0.1) is 17.6 Å². The van der Waals surface area contributed by atoms with Gasteiger partial charge < -0.3 is 10.6 Å². The molecule has 1 aromatic carbocycles. The Morgan fingerprint density at radius 2 is 2.10 bits per heavy atom. The number of anilines is 1. The Morgan fingerprint density at radius 1 is 1.43 bits per heavy atom. The van der Waals surface area contributed by atoms with Gasteiger partial charge in [-0.2, -0.15) is 0 Å². The van der Waals surface area contributed by atoms with Gasteiger partial charge in [-0.3, -0.25) is 0 Å². The van der Waals surface area contributed by atoms with Gasteiger partial charge in [0, 0.05) is 25.8 Å². The van der Waals surface area contributed by atoms with Crippen LogP contribution in [0.15, 0.2) is 17.0 Å². The van der Waals surface area contributed by atoms with Gasteiger partial charge in [-0.1, -0.05) is 0 Å². The third kappa shape index (κ3) is 3.33. The zero-order chi connectivity index (χ0) is 15.8. The van der Waals surface area contributed by atoms with Crippen molar-refractivity contribution in [2.75, 3.05) is 39.5 Å². The SMILES string of the molecule is CN1CCC(CN(C)S(=O)(=O)c2cc(N)cc(F)c2F)C1. The maximum absolute atomic E-state index is 13.8. The van der Waals surface area contributed by atoms with Gasteiger partial charge in [0.15, 0.2) is 11.6 Å². The van der Waals surface area contributed by atoms with Gasteiger partial charge in [0.25, 0.3) is 0 Å². The van der Waals surface area contributed by atoms with Crippen LogP contribution in [0.2, 0.25) is 0 Å². The molecule has 2 N–H and O–H groups in total. The van der Waals surface area contributed by atoms with Gasteiger partial charge in [0.2, 0.25) is 10.0 Å². The molecule has 5 nitrogen and oxygen atoms in total. The Hall–Kier alpha value is -1.25. The summed E-state index contributed by atoms with van der Waals surface area (Å²) in [4.78, 5) is 1.39. The number of hydrogen-bond donors (Lipinski definition) is 1. The number of sulfonamides is 1. The lowest BCUT2D eigenvalue weighted by Gasteiger charge is -2.21. The van der Waals surface area contributed by atoms with Crippen LogP contribution >= 0.6 is 0 Å². The van der Waals surface area contributed by atoms with Gasteiger partial charge in [0.1, 0.15) is 4.90 Å². The van der Waals surface area contributed by atoms with Crippen LogP contribution < -0.4 is 5.73 Å². The zero-order valence-electron chi connectivity index (χ0n) is 12.0. The van der Waals surface area contributed by atoms with E-state index in [0.29, 0.717) is 0 Å². The van der Waals surface area contributed by atoms with Crippen molar-refractivity contribution in [2.24, 2.45) is 5.92 Å². The highest BCUT2D eigenvalue weighted by atomic mass is 32.2. The molecule has 1 aliphatic heterocycles. The van der Waals surface area contributed by atoms with Crippen LogP contribution in [0.5, 0.6) is 0 Å². The third-order valence-electron chi connectivity index (χ3n) is 3.71. The fraction of sp³-hybridized carbons (Fsp3) is 0.538. The van der Waals surface area contributed by atoms with E-state index in [1.54, 1.807) is 0 Å². The molecule has 1 saturated heterocycles. The number of nitrogen functional groups attached to an aromatic ring is 1. The summed E-state index contributed by atoms with van der Waals surface area (Å²) in [7, 11) is -0.771. The highest BCUT2D eigenvalue weighted by Crippen LogP contribution is 2.25. The van der Waals surface area contributed by atoms with E-state index in [1.807, 2.05) is 7.05 Å². The second kappa shape index (κ2) is 5.86. The number of benzene rings is 1. The van der Waals surface area contributed by atoms with Crippen molar-refractivity contribution in [3.8, 4) is 0 Å². The van der Waals surface area contributed by atoms with Crippen molar-refractivity contribution in [2.45, 2.75) is 11.3 Å². The van der Waals surface area contributed by atoms with Crippen molar-refractivity contribution in [1.82, 2.24) is 9.21 Å². The number of rotatable bonds is 4. The quantitative estimate of drug-likeness (QED) is 0.845. The fourth-order valence-corrected chi connectivity index (χ4v) is 3.93. The van der Waals surface area contributed by atoms with E-state index >= 15 is 0 Å². The smallest absolute Gasteiger partial charge is 0.245 e. The summed E-state index contributed by atoms with van der Waals surface area (Å²) in [6.45, 7) is 1.95. The number of likely N-dealkylation sites (tertiary alicyclic amines) is 1. The lowest BCUT2D eigenvalue weighted by molar-refractivity contribution is 0.355. The Kier molecular flexibility index (Phi) is 4.50. The minimum Gasteiger partial charge on any atom is -0.399 e. The second-order valence-corrected chi connectivity index (χ2v) is 7.53. The summed E-state index contributed by atoms with van der Waals surface area (Å²) in [6, 6.07) is 1.71. The van der Waals surface area contributed by atoms with Crippen LogP contribution in [-0.4, -0.2) is 51.4 Å². The van der Waals surface area contributed by atoms with E-state index in [0.717, 1.165) is 35.9 Å². The van der Waals surface area contributed by atoms with Crippen LogP contribution in [0.25, 0.3) is 0 Å². The summed E-state index contributed by atoms with van der Waals surface area (Å²) < 4.78 is 52.9. The average Bonchev–Trinajstić information content (AvgIpc) is 2.79. The lowest BCUT2D eigenvalue weighted by Crippen LogP contribution is -2.33. The molecule has 0 bridgehead atoms. The first kappa shape index (κ1) is 16.1. The minimum absolute atomic E-state index is 0.124. The van der Waals surface area contributed by atoms with Crippen LogP contribution in [0.1, 0.15) is 6.42 Å². The molecule has 1 heterocycles. The first-order valence-corrected chi connectivity index (χ1v) is 8.05. The molecule has 1 aromatic rings. The normalized spacial score (nSPS) is 20.3. The number of hydrogen-bond acceptors (Lipinski definition) is 4. The molecule has 1 atom stereocenters. The Bertz CT molecular complexity index is 637. The zero-order valence-corrected chi connectivity index (χ0v) is 12.8. The van der Waals surface area contributed by atoms with Gasteiger partial charge in [0.05, 0.1) is 0 Å². The first-order chi connectivity index (χ1) is 9.71. The fourth-order valence-electron chi connectivity index (χ4n) is 2.58. The molecule has 0 aliphatic carbocycles. The average molecular weight is 319 g/mol. The number of nitrogens with zero attached hydrogens (tertiary/aromatic N) is 2. The molecule has 1 unspecified atom stereocenters. The van der Waals surface area contributed by atoms with Crippen molar-refractivity contribution in [1.29, 1.82) is 0 Å². The maximum Gasteiger partial charge on any atom is 0.245 e. The Morgan fingerprint density at radius 3 is 2.67 bits per heavy atom. The summed E-state index contributed by atoms with van der Waals surface area (Å²) in [5.74, 6) is -2.47. The highest BCUT2D eigenvalue weighted by Gasteiger charge is 2.30. The third-order valence-corrected chi connectivity index (χ3v) is 5.53. The lowest BCUT2D eigenvalue weighted by atomic mass is 10.1. The summed E-state index contributed by atoms with van der Waals surface area (Å²) >= 11 is 0. The topological polar surface area (TPSA) is 66.6 Å². The number of nitrogens with two attached hydrogens (primary N) is 1. The van der Waals surface area contributed by atoms with Crippen LogP contribution in [0.4, 0.5) is 14.5 Å². The highest BCUT2D eigenvalue weighted by molar-refractivity contribution is 7.89. The summed E-state index contributed by atoms with van der Waals surface area (Å²) in [5.41, 5.74) is 5.29. The van der Waals surface area contributed by atoms with Crippen molar-refractivity contribution in [3.63, 3.8) is 0 Å². The molecule has 21 heavy (non-hydrogen) atoms. The van der Waals surface area contributed by atoms with Crippen molar-refractivity contribution < 1.29 is 17.2 Å². The molecular weight excluding hydrogens is 300 g/mol. The van der Waals surface area contributed by atoms with Crippen molar-refractivity contribution >= 4 is 15.7 Å². The molecule has 0 aromatic heterocycles. The predicted molar refractivity (Wildman–Crippen MR) is 76.2 cm³/mol. The first-order valence-electron chi connectivity index (χ1n) is 6.61. The molecule has 0 spiro atoms. The summed E-state index contributed by atoms with van der Waals surface area (Å²) in [5, 5.41) is 0. The van der Waals surface area contributed by atoms with E-state index in [1.165, 1.54) is 7.05 Å². The molecule has 8 heteroatoms. The standard InChI is InChI=1S/C13H19F2N3O2S/c1-17-4-3-9(7-17)8-18(2)21(19,20)12-6-10(16)5-11(14)13(12)15/h5-6,9H,3-4,7-8,16H2,1-2H3. The Labute approximate surface area is 123 Å². The molecular formula is C13H19F2N3O2S. The molecule has 1 aliphatic rings. The Balaban J connectivity index is 2.25. The predicted octanol–water partition coefficient (Wildman–Crippen LogP) is 1.12. The van der Waals surface area contributed by atoms with E-state index in [4.69, 9.17) is 5.73 Å². The van der Waals surface area contributed by atoms with E-state index < -0.39 is 26.6 Å². The van der Waals surface area contributed by atoms with Gasteiger partial charge >= 0.3 is 0 Å². The molecule has 118 valence electrons. The summed E-state index contributed by atoms with van der Waals surface area (Å²) in [6.07, 6.45) is 0.879. The van der Waals surface area contributed by atoms with Crippen LogP contribution in [-0.2, 0) is 10.0 Å². The maximum atomic E-state index is 13.8. The monoisotopic (exact) mass is 319 g/mol. The minimum atomic E-state index is -4.10. The number of halogens is 2. The molecule has 0 saturated carbocycles. The van der Waals surface area contributed by atoms with Gasteiger partial charge in [-0.05, 0) is 38.1 Å². The van der Waals surface area contributed by atoms with E-state index in [9.17, 15) is 17.2 Å². The van der Waals surface area contributed by atoms with E-state index in [-0.39, 0.29) is 18.2 Å². The molecule has 1 fully saturated rings. The van der Waals surface area contributed by atoms with Gasteiger partial charge in [-0.25, -0.2) is 21.5 Å². The molecule has 0 radical (unpaired) electrons.